The van der Waals surface area contributed by atoms with E-state index in [0.29, 0.717) is 16.5 Å². The van der Waals surface area contributed by atoms with Crippen LogP contribution in [0.25, 0.3) is 0 Å². The number of thiophene rings is 1. The molecular formula is C17H20N2O3S. The van der Waals surface area contributed by atoms with E-state index in [1.807, 2.05) is 25.1 Å². The van der Waals surface area contributed by atoms with Gasteiger partial charge in [0, 0.05) is 0 Å². The first kappa shape index (κ1) is 17.0. The van der Waals surface area contributed by atoms with E-state index < -0.39 is 5.91 Å². The van der Waals surface area contributed by atoms with Crippen molar-refractivity contribution in [2.75, 3.05) is 6.61 Å². The molecule has 2 rings (SSSR count). The molecule has 0 aliphatic carbocycles. The highest BCUT2D eigenvalue weighted by Crippen LogP contribution is 2.23. The van der Waals surface area contributed by atoms with E-state index in [9.17, 15) is 9.59 Å². The van der Waals surface area contributed by atoms with Crippen LogP contribution in [-0.4, -0.2) is 18.4 Å². The number of aryl methyl sites for hydroxylation is 1. The molecule has 1 aromatic carbocycles. The van der Waals surface area contributed by atoms with Crippen LogP contribution < -0.4 is 15.6 Å². The van der Waals surface area contributed by atoms with E-state index >= 15 is 0 Å². The number of carbonyl (C=O) groups excluding carboxylic acids is 2. The van der Waals surface area contributed by atoms with Crippen LogP contribution in [0.5, 0.6) is 5.75 Å². The third-order valence-corrected chi connectivity index (χ3v) is 4.16. The minimum Gasteiger partial charge on any atom is -0.484 e. The van der Waals surface area contributed by atoms with E-state index in [4.69, 9.17) is 4.74 Å². The number of benzene rings is 1. The molecule has 6 heteroatoms. The van der Waals surface area contributed by atoms with Crippen LogP contribution in [0, 0.1) is 6.92 Å². The van der Waals surface area contributed by atoms with Crippen LogP contribution in [-0.2, 0) is 4.79 Å². The second-order valence-electron chi connectivity index (χ2n) is 5.44. The van der Waals surface area contributed by atoms with Crippen molar-refractivity contribution in [3.63, 3.8) is 0 Å². The number of hydrazine groups is 1. The van der Waals surface area contributed by atoms with Gasteiger partial charge in [-0.15, -0.1) is 11.3 Å². The first-order valence-corrected chi connectivity index (χ1v) is 8.21. The van der Waals surface area contributed by atoms with Crippen molar-refractivity contribution < 1.29 is 14.3 Å². The molecule has 0 aliphatic heterocycles. The molecular weight excluding hydrogens is 312 g/mol. The minimum absolute atomic E-state index is 0.162. The van der Waals surface area contributed by atoms with Gasteiger partial charge in [-0.05, 0) is 47.5 Å². The second kappa shape index (κ2) is 7.78. The van der Waals surface area contributed by atoms with Gasteiger partial charge in [0.2, 0.25) is 0 Å². The molecule has 23 heavy (non-hydrogen) atoms. The molecule has 0 atom stereocenters. The average Bonchev–Trinajstić information content (AvgIpc) is 3.04. The van der Waals surface area contributed by atoms with E-state index in [0.717, 1.165) is 5.56 Å². The monoisotopic (exact) mass is 332 g/mol. The fourth-order valence-corrected chi connectivity index (χ4v) is 2.79. The van der Waals surface area contributed by atoms with Gasteiger partial charge in [0.05, 0.1) is 4.88 Å². The summed E-state index contributed by atoms with van der Waals surface area (Å²) in [4.78, 5) is 23.9. The normalized spacial score (nSPS) is 10.4. The number of hydrogen-bond acceptors (Lipinski definition) is 4. The van der Waals surface area contributed by atoms with Crippen molar-refractivity contribution in [2.24, 2.45) is 0 Å². The molecule has 5 nitrogen and oxygen atoms in total. The maximum atomic E-state index is 11.7. The molecule has 1 aromatic heterocycles. The SMILES string of the molecule is Cc1cc(OCC(=O)NNC(=O)c2cccs2)ccc1C(C)C. The Labute approximate surface area is 139 Å². The van der Waals surface area contributed by atoms with Gasteiger partial charge in [0.15, 0.2) is 6.61 Å². The zero-order valence-corrected chi connectivity index (χ0v) is 14.2. The molecule has 0 spiro atoms. The van der Waals surface area contributed by atoms with Crippen LogP contribution >= 0.6 is 11.3 Å². The molecule has 0 saturated carbocycles. The van der Waals surface area contributed by atoms with Crippen LogP contribution in [0.4, 0.5) is 0 Å². The zero-order valence-electron chi connectivity index (χ0n) is 13.4. The summed E-state index contributed by atoms with van der Waals surface area (Å²) in [5, 5.41) is 1.79. The van der Waals surface area contributed by atoms with Crippen molar-refractivity contribution in [1.82, 2.24) is 10.9 Å². The molecule has 2 N–H and O–H groups in total. The quantitative estimate of drug-likeness (QED) is 0.827. The van der Waals surface area contributed by atoms with Gasteiger partial charge in [0.1, 0.15) is 5.75 Å². The molecule has 2 amide bonds. The highest BCUT2D eigenvalue weighted by Gasteiger charge is 2.09. The van der Waals surface area contributed by atoms with Crippen LogP contribution in [0.1, 0.15) is 40.6 Å². The lowest BCUT2D eigenvalue weighted by molar-refractivity contribution is -0.123. The third kappa shape index (κ3) is 4.82. The minimum atomic E-state index is -0.416. The van der Waals surface area contributed by atoms with Gasteiger partial charge < -0.3 is 4.74 Å². The number of amides is 2. The molecule has 0 fully saturated rings. The van der Waals surface area contributed by atoms with Gasteiger partial charge in [-0.25, -0.2) is 0 Å². The molecule has 0 unspecified atom stereocenters. The lowest BCUT2D eigenvalue weighted by atomic mass is 9.98. The van der Waals surface area contributed by atoms with E-state index in [-0.39, 0.29) is 12.5 Å². The molecule has 0 radical (unpaired) electrons. The van der Waals surface area contributed by atoms with Crippen molar-refractivity contribution >= 4 is 23.2 Å². The van der Waals surface area contributed by atoms with Gasteiger partial charge in [-0.2, -0.15) is 0 Å². The number of nitrogens with one attached hydrogen (secondary N) is 2. The standard InChI is InChI=1S/C17H20N2O3S/c1-11(2)14-7-6-13(9-12(14)3)22-10-16(20)18-19-17(21)15-5-4-8-23-15/h4-9,11H,10H2,1-3H3,(H,18,20)(H,19,21). The van der Waals surface area contributed by atoms with Gasteiger partial charge in [0.25, 0.3) is 11.8 Å². The predicted octanol–water partition coefficient (Wildman–Crippen LogP) is 3.02. The summed E-state index contributed by atoms with van der Waals surface area (Å²) in [6.45, 7) is 6.12. The van der Waals surface area contributed by atoms with Crippen molar-refractivity contribution in [2.45, 2.75) is 26.7 Å². The van der Waals surface area contributed by atoms with Crippen molar-refractivity contribution in [3.05, 3.63) is 51.7 Å². The number of hydrogen-bond donors (Lipinski definition) is 2. The Hall–Kier alpha value is -2.34. The van der Waals surface area contributed by atoms with Crippen LogP contribution in [0.15, 0.2) is 35.7 Å². The fraction of sp³-hybridized carbons (Fsp3) is 0.294. The molecule has 2 aromatic rings. The summed E-state index contributed by atoms with van der Waals surface area (Å²) >= 11 is 1.30. The van der Waals surface area contributed by atoms with E-state index in [2.05, 4.69) is 24.7 Å². The Balaban J connectivity index is 1.80. The lowest BCUT2D eigenvalue weighted by Crippen LogP contribution is -2.43. The van der Waals surface area contributed by atoms with Gasteiger partial charge in [-0.3, -0.25) is 20.4 Å². The Morgan fingerprint density at radius 2 is 2.00 bits per heavy atom. The largest absolute Gasteiger partial charge is 0.484 e. The Morgan fingerprint density at radius 3 is 2.61 bits per heavy atom. The Morgan fingerprint density at radius 1 is 1.22 bits per heavy atom. The van der Waals surface area contributed by atoms with Crippen LogP contribution in [0.3, 0.4) is 0 Å². The molecule has 0 saturated heterocycles. The summed E-state index contributed by atoms with van der Waals surface area (Å²) in [5.41, 5.74) is 7.06. The summed E-state index contributed by atoms with van der Waals surface area (Å²) in [6, 6.07) is 9.22. The Kier molecular flexibility index (Phi) is 5.76. The zero-order chi connectivity index (χ0) is 16.8. The summed E-state index contributed by atoms with van der Waals surface area (Å²) < 4.78 is 5.45. The van der Waals surface area contributed by atoms with Crippen molar-refractivity contribution in [3.8, 4) is 5.75 Å². The maximum Gasteiger partial charge on any atom is 0.279 e. The number of rotatable bonds is 5. The number of carbonyl (C=O) groups is 2. The summed E-state index contributed by atoms with van der Waals surface area (Å²) in [6.07, 6.45) is 0. The highest BCUT2D eigenvalue weighted by atomic mass is 32.1. The molecule has 122 valence electrons. The first-order chi connectivity index (χ1) is 11.0. The average molecular weight is 332 g/mol. The van der Waals surface area contributed by atoms with Crippen LogP contribution in [0.2, 0.25) is 0 Å². The summed E-state index contributed by atoms with van der Waals surface area (Å²) in [5.74, 6) is 0.317. The molecule has 0 bridgehead atoms. The second-order valence-corrected chi connectivity index (χ2v) is 6.39. The van der Waals surface area contributed by atoms with E-state index in [1.54, 1.807) is 17.5 Å². The fourth-order valence-electron chi connectivity index (χ4n) is 2.17. The van der Waals surface area contributed by atoms with Gasteiger partial charge >= 0.3 is 0 Å². The lowest BCUT2D eigenvalue weighted by Gasteiger charge is -2.12. The van der Waals surface area contributed by atoms with Gasteiger partial charge in [-0.1, -0.05) is 26.0 Å². The predicted molar refractivity (Wildman–Crippen MR) is 90.7 cm³/mol. The highest BCUT2D eigenvalue weighted by molar-refractivity contribution is 7.12. The third-order valence-electron chi connectivity index (χ3n) is 3.29. The Bertz CT molecular complexity index is 681. The smallest absolute Gasteiger partial charge is 0.279 e. The maximum absolute atomic E-state index is 11.7. The number of ether oxygens (including phenoxy) is 1. The van der Waals surface area contributed by atoms with E-state index in [1.165, 1.54) is 16.9 Å². The molecule has 1 heterocycles. The topological polar surface area (TPSA) is 67.4 Å². The van der Waals surface area contributed by atoms with Crippen molar-refractivity contribution in [1.29, 1.82) is 0 Å². The summed E-state index contributed by atoms with van der Waals surface area (Å²) in [7, 11) is 0. The first-order valence-electron chi connectivity index (χ1n) is 7.33. The molecule has 0 aliphatic rings.